The Balaban J connectivity index is 2.07. The first-order valence-corrected chi connectivity index (χ1v) is 6.70. The minimum atomic E-state index is -0.505. The van der Waals surface area contributed by atoms with Crippen molar-refractivity contribution in [1.82, 2.24) is 0 Å². The fourth-order valence-electron chi connectivity index (χ4n) is 2.90. The summed E-state index contributed by atoms with van der Waals surface area (Å²) in [5.41, 5.74) is 1.15. The van der Waals surface area contributed by atoms with Gasteiger partial charge in [0.25, 0.3) is 0 Å². The van der Waals surface area contributed by atoms with Crippen molar-refractivity contribution in [2.75, 3.05) is 4.90 Å². The van der Waals surface area contributed by atoms with E-state index in [2.05, 4.69) is 0 Å². The zero-order valence-corrected chi connectivity index (χ0v) is 11.6. The summed E-state index contributed by atoms with van der Waals surface area (Å²) in [5, 5.41) is 10.1. The average Bonchev–Trinajstić information content (AvgIpc) is 2.46. The number of para-hydroxylation sites is 2. The number of β-lactam (4-membered cyclic amide) rings is 1. The van der Waals surface area contributed by atoms with E-state index >= 15 is 0 Å². The van der Waals surface area contributed by atoms with Crippen molar-refractivity contribution in [3.63, 3.8) is 0 Å². The second-order valence-electron chi connectivity index (χ2n) is 5.69. The van der Waals surface area contributed by atoms with Gasteiger partial charge in [0.05, 0.1) is 11.5 Å². The summed E-state index contributed by atoms with van der Waals surface area (Å²) >= 11 is 0. The van der Waals surface area contributed by atoms with E-state index in [-0.39, 0.29) is 17.7 Å². The number of aromatic hydroxyl groups is 1. The Morgan fingerprint density at radius 2 is 1.60 bits per heavy atom. The van der Waals surface area contributed by atoms with Gasteiger partial charge in [-0.05, 0) is 32.0 Å². The molecule has 2 aromatic rings. The monoisotopic (exact) mass is 267 g/mol. The van der Waals surface area contributed by atoms with Crippen molar-refractivity contribution in [2.24, 2.45) is 5.41 Å². The lowest BCUT2D eigenvalue weighted by Gasteiger charge is -2.53. The van der Waals surface area contributed by atoms with Crippen molar-refractivity contribution in [3.8, 4) is 5.75 Å². The summed E-state index contributed by atoms with van der Waals surface area (Å²) in [4.78, 5) is 14.2. The minimum absolute atomic E-state index is 0.0805. The molecule has 3 nitrogen and oxygen atoms in total. The van der Waals surface area contributed by atoms with E-state index in [4.69, 9.17) is 0 Å². The highest BCUT2D eigenvalue weighted by Crippen LogP contribution is 2.53. The second kappa shape index (κ2) is 4.37. The van der Waals surface area contributed by atoms with Crippen molar-refractivity contribution in [1.29, 1.82) is 0 Å². The number of phenols is 1. The van der Waals surface area contributed by atoms with Gasteiger partial charge in [-0.25, -0.2) is 0 Å². The van der Waals surface area contributed by atoms with E-state index in [1.54, 1.807) is 17.0 Å². The van der Waals surface area contributed by atoms with Gasteiger partial charge in [-0.2, -0.15) is 0 Å². The minimum Gasteiger partial charge on any atom is -0.508 e. The molecule has 1 heterocycles. The lowest BCUT2D eigenvalue weighted by Crippen LogP contribution is -2.61. The van der Waals surface area contributed by atoms with Gasteiger partial charge in [-0.1, -0.05) is 36.4 Å². The molecule has 1 saturated heterocycles. The fourth-order valence-corrected chi connectivity index (χ4v) is 2.90. The number of rotatable bonds is 2. The average molecular weight is 267 g/mol. The summed E-state index contributed by atoms with van der Waals surface area (Å²) in [5.74, 6) is 0.316. The number of nitrogens with zero attached hydrogens (tertiary/aromatic N) is 1. The maximum atomic E-state index is 12.4. The molecule has 0 aliphatic carbocycles. The predicted molar refractivity (Wildman–Crippen MR) is 78.6 cm³/mol. The summed E-state index contributed by atoms with van der Waals surface area (Å²) < 4.78 is 0. The number of hydrogen-bond donors (Lipinski definition) is 1. The molecule has 3 rings (SSSR count). The van der Waals surface area contributed by atoms with Crippen LogP contribution in [0.2, 0.25) is 0 Å². The number of hydrogen-bond acceptors (Lipinski definition) is 2. The molecule has 2 aromatic carbocycles. The SMILES string of the molecule is CC1(C)C(=O)N(c2ccccc2)[C@@H]1c1ccccc1O. The molecule has 1 fully saturated rings. The van der Waals surface area contributed by atoms with Crippen molar-refractivity contribution >= 4 is 11.6 Å². The predicted octanol–water partition coefficient (Wildman–Crippen LogP) is 3.51. The molecule has 0 saturated carbocycles. The van der Waals surface area contributed by atoms with Gasteiger partial charge in [0.15, 0.2) is 0 Å². The van der Waals surface area contributed by atoms with E-state index in [0.29, 0.717) is 0 Å². The Hall–Kier alpha value is -2.29. The summed E-state index contributed by atoms with van der Waals surface area (Å²) in [6, 6.07) is 16.7. The Bertz CT molecular complexity index is 649. The molecular formula is C17H17NO2. The third-order valence-corrected chi connectivity index (χ3v) is 3.98. The first-order valence-electron chi connectivity index (χ1n) is 6.70. The Kier molecular flexibility index (Phi) is 2.78. The molecule has 3 heteroatoms. The largest absolute Gasteiger partial charge is 0.508 e. The fraction of sp³-hybridized carbons (Fsp3) is 0.235. The van der Waals surface area contributed by atoms with Gasteiger partial charge in [0, 0.05) is 11.3 Å². The molecule has 1 aliphatic heterocycles. The maximum Gasteiger partial charge on any atom is 0.235 e. The summed E-state index contributed by atoms with van der Waals surface area (Å²) in [6.07, 6.45) is 0. The Morgan fingerprint density at radius 1 is 1.00 bits per heavy atom. The zero-order valence-electron chi connectivity index (χ0n) is 11.6. The second-order valence-corrected chi connectivity index (χ2v) is 5.69. The Labute approximate surface area is 118 Å². The summed E-state index contributed by atoms with van der Waals surface area (Å²) in [6.45, 7) is 3.84. The van der Waals surface area contributed by atoms with Crippen LogP contribution in [0.5, 0.6) is 5.75 Å². The number of anilines is 1. The van der Waals surface area contributed by atoms with Crippen LogP contribution in [0.4, 0.5) is 5.69 Å². The molecule has 0 unspecified atom stereocenters. The van der Waals surface area contributed by atoms with Crippen molar-refractivity contribution < 1.29 is 9.90 Å². The van der Waals surface area contributed by atoms with Crippen LogP contribution in [-0.2, 0) is 4.79 Å². The number of carbonyl (C=O) groups is 1. The molecule has 0 aromatic heterocycles. The maximum absolute atomic E-state index is 12.4. The third-order valence-electron chi connectivity index (χ3n) is 3.98. The molecule has 1 atom stereocenters. The zero-order chi connectivity index (χ0) is 14.3. The normalized spacial score (nSPS) is 20.6. The first kappa shape index (κ1) is 12.7. The highest BCUT2D eigenvalue weighted by Gasteiger charge is 2.56. The van der Waals surface area contributed by atoms with Crippen LogP contribution in [0.15, 0.2) is 54.6 Å². The molecule has 1 N–H and O–H groups in total. The van der Waals surface area contributed by atoms with Crippen LogP contribution in [-0.4, -0.2) is 11.0 Å². The molecule has 102 valence electrons. The van der Waals surface area contributed by atoms with Crippen LogP contribution in [0, 0.1) is 5.41 Å². The van der Waals surface area contributed by atoms with E-state index in [1.165, 1.54) is 0 Å². The van der Waals surface area contributed by atoms with Crippen molar-refractivity contribution in [2.45, 2.75) is 19.9 Å². The number of amides is 1. The first-order chi connectivity index (χ1) is 9.53. The van der Waals surface area contributed by atoms with Crippen LogP contribution in [0.1, 0.15) is 25.5 Å². The van der Waals surface area contributed by atoms with E-state index in [1.807, 2.05) is 56.3 Å². The van der Waals surface area contributed by atoms with Gasteiger partial charge >= 0.3 is 0 Å². The molecule has 0 radical (unpaired) electrons. The van der Waals surface area contributed by atoms with Crippen molar-refractivity contribution in [3.05, 3.63) is 60.2 Å². The molecule has 1 aliphatic rings. The van der Waals surface area contributed by atoms with E-state index in [0.717, 1.165) is 11.3 Å². The van der Waals surface area contributed by atoms with Gasteiger partial charge < -0.3 is 10.0 Å². The van der Waals surface area contributed by atoms with Crippen LogP contribution < -0.4 is 4.90 Å². The smallest absolute Gasteiger partial charge is 0.235 e. The van der Waals surface area contributed by atoms with Crippen LogP contribution >= 0.6 is 0 Å². The van der Waals surface area contributed by atoms with Crippen LogP contribution in [0.3, 0.4) is 0 Å². The lowest BCUT2D eigenvalue weighted by molar-refractivity contribution is -0.137. The standard InChI is InChI=1S/C17H17NO2/c1-17(2)15(13-10-6-7-11-14(13)19)18(16(17)20)12-8-4-3-5-9-12/h3-11,15,19H,1-2H3/t15-/m1/s1. The summed E-state index contributed by atoms with van der Waals surface area (Å²) in [7, 11) is 0. The van der Waals surface area contributed by atoms with E-state index in [9.17, 15) is 9.90 Å². The quantitative estimate of drug-likeness (QED) is 0.846. The van der Waals surface area contributed by atoms with Gasteiger partial charge in [0.1, 0.15) is 5.75 Å². The molecule has 20 heavy (non-hydrogen) atoms. The molecule has 1 amide bonds. The third kappa shape index (κ3) is 1.70. The van der Waals surface area contributed by atoms with E-state index < -0.39 is 5.41 Å². The lowest BCUT2D eigenvalue weighted by atomic mass is 9.70. The van der Waals surface area contributed by atoms with Gasteiger partial charge in [0.2, 0.25) is 5.91 Å². The van der Waals surface area contributed by atoms with Gasteiger partial charge in [-0.3, -0.25) is 4.79 Å². The molecular weight excluding hydrogens is 250 g/mol. The molecule has 0 spiro atoms. The number of carbonyl (C=O) groups excluding carboxylic acids is 1. The van der Waals surface area contributed by atoms with Crippen LogP contribution in [0.25, 0.3) is 0 Å². The number of benzene rings is 2. The van der Waals surface area contributed by atoms with Gasteiger partial charge in [-0.15, -0.1) is 0 Å². The number of phenolic OH excluding ortho intramolecular Hbond substituents is 1. The Morgan fingerprint density at radius 3 is 2.25 bits per heavy atom. The topological polar surface area (TPSA) is 40.5 Å². The highest BCUT2D eigenvalue weighted by atomic mass is 16.3. The molecule has 0 bridgehead atoms. The highest BCUT2D eigenvalue weighted by molar-refractivity contribution is 6.05.